The first-order chi connectivity index (χ1) is 12.6. The molecule has 26 heavy (non-hydrogen) atoms. The van der Waals surface area contributed by atoms with Crippen LogP contribution in [0.25, 0.3) is 0 Å². The number of ether oxygens (including phenoxy) is 3. The summed E-state index contributed by atoms with van der Waals surface area (Å²) in [5.74, 6) is 2.08. The maximum atomic E-state index is 12.2. The number of nitrogens with one attached hydrogen (secondary N) is 1. The normalized spacial score (nSPS) is 10.3. The van der Waals surface area contributed by atoms with Crippen LogP contribution in [-0.4, -0.2) is 25.3 Å². The van der Waals surface area contributed by atoms with E-state index in [0.717, 1.165) is 5.75 Å². The molecule has 1 N–H and O–H groups in total. The Morgan fingerprint density at radius 3 is 2.31 bits per heavy atom. The molecule has 0 fully saturated rings. The van der Waals surface area contributed by atoms with Gasteiger partial charge in [0.1, 0.15) is 11.5 Å². The average Bonchev–Trinajstić information content (AvgIpc) is 3.09. The van der Waals surface area contributed by atoms with Crippen LogP contribution < -0.4 is 19.5 Å². The van der Waals surface area contributed by atoms with Gasteiger partial charge in [0.05, 0.1) is 19.9 Å². The van der Waals surface area contributed by atoms with Crippen LogP contribution in [-0.2, 0) is 0 Å². The fourth-order valence-electron chi connectivity index (χ4n) is 2.27. The van der Waals surface area contributed by atoms with Gasteiger partial charge >= 0.3 is 0 Å². The van der Waals surface area contributed by atoms with Crippen molar-refractivity contribution in [3.05, 3.63) is 60.0 Å². The largest absolute Gasteiger partial charge is 0.497 e. The first kappa shape index (κ1) is 17.3. The molecule has 7 heteroatoms. The number of hydrogen-bond acceptors (Lipinski definition) is 6. The third-order valence-electron chi connectivity index (χ3n) is 3.56. The lowest BCUT2D eigenvalue weighted by Gasteiger charge is -2.12. The fraction of sp³-hybridized carbons (Fsp3) is 0.158. The predicted octanol–water partition coefficient (Wildman–Crippen LogP) is 4.04. The van der Waals surface area contributed by atoms with Gasteiger partial charge in [-0.15, -0.1) is 0 Å². The number of aromatic nitrogens is 1. The van der Waals surface area contributed by atoms with E-state index in [4.69, 9.17) is 18.7 Å². The maximum Gasteiger partial charge on any atom is 0.294 e. The van der Waals surface area contributed by atoms with Crippen LogP contribution >= 0.6 is 0 Å². The average molecular weight is 354 g/mol. The van der Waals surface area contributed by atoms with Gasteiger partial charge < -0.3 is 24.1 Å². The molecule has 1 amide bonds. The van der Waals surface area contributed by atoms with Gasteiger partial charge in [-0.3, -0.25) is 4.79 Å². The molecule has 2 aromatic carbocycles. The van der Waals surface area contributed by atoms with E-state index in [9.17, 15) is 4.79 Å². The minimum Gasteiger partial charge on any atom is -0.497 e. The molecule has 7 nitrogen and oxygen atoms in total. The van der Waals surface area contributed by atoms with Gasteiger partial charge in [0.2, 0.25) is 5.76 Å². The Balaban J connectivity index is 1.80. The van der Waals surface area contributed by atoms with Crippen molar-refractivity contribution >= 4 is 11.6 Å². The van der Waals surface area contributed by atoms with E-state index in [1.165, 1.54) is 0 Å². The number of carbonyl (C=O) groups is 1. The van der Waals surface area contributed by atoms with Gasteiger partial charge in [0, 0.05) is 17.8 Å². The molecule has 0 bridgehead atoms. The lowest BCUT2D eigenvalue weighted by atomic mass is 10.2. The van der Waals surface area contributed by atoms with Gasteiger partial charge in [0.15, 0.2) is 11.5 Å². The Morgan fingerprint density at radius 1 is 0.962 bits per heavy atom. The van der Waals surface area contributed by atoms with E-state index < -0.39 is 5.91 Å². The molecule has 0 saturated carbocycles. The van der Waals surface area contributed by atoms with Gasteiger partial charge in [0.25, 0.3) is 5.91 Å². The summed E-state index contributed by atoms with van der Waals surface area (Å²) in [6.07, 6.45) is 0. The Labute approximate surface area is 150 Å². The molecule has 0 aliphatic heterocycles. The molecule has 0 saturated heterocycles. The van der Waals surface area contributed by atoms with Gasteiger partial charge in [-0.2, -0.15) is 0 Å². The van der Waals surface area contributed by atoms with Gasteiger partial charge in [-0.05, 0) is 43.3 Å². The van der Waals surface area contributed by atoms with Gasteiger partial charge in [-0.25, -0.2) is 0 Å². The zero-order chi connectivity index (χ0) is 18.5. The first-order valence-electron chi connectivity index (χ1n) is 7.83. The van der Waals surface area contributed by atoms with Crippen LogP contribution in [0, 0.1) is 6.92 Å². The van der Waals surface area contributed by atoms with Crippen molar-refractivity contribution in [1.29, 1.82) is 0 Å². The topological polar surface area (TPSA) is 82.8 Å². The molecule has 0 spiro atoms. The van der Waals surface area contributed by atoms with E-state index >= 15 is 0 Å². The quantitative estimate of drug-likeness (QED) is 0.719. The highest BCUT2D eigenvalue weighted by atomic mass is 16.5. The zero-order valence-electron chi connectivity index (χ0n) is 14.6. The number of anilines is 1. The molecule has 0 aliphatic rings. The number of methoxy groups -OCH3 is 2. The van der Waals surface area contributed by atoms with Crippen molar-refractivity contribution in [3.8, 4) is 23.0 Å². The molecule has 0 unspecified atom stereocenters. The third kappa shape index (κ3) is 3.94. The van der Waals surface area contributed by atoms with Crippen LogP contribution in [0.15, 0.2) is 53.1 Å². The summed E-state index contributed by atoms with van der Waals surface area (Å²) in [5.41, 5.74) is 1.17. The van der Waals surface area contributed by atoms with Crippen LogP contribution in [0.5, 0.6) is 23.0 Å². The SMILES string of the molecule is COc1ccc(Oc2cc(NC(=O)c3cc(C)no3)ccc2OC)cc1. The predicted molar refractivity (Wildman–Crippen MR) is 95.3 cm³/mol. The summed E-state index contributed by atoms with van der Waals surface area (Å²) in [7, 11) is 3.15. The number of nitrogens with zero attached hydrogens (tertiary/aromatic N) is 1. The number of hydrogen-bond donors (Lipinski definition) is 1. The Kier molecular flexibility index (Phi) is 5.07. The minimum atomic E-state index is -0.397. The summed E-state index contributed by atoms with van der Waals surface area (Å²) < 4.78 is 21.3. The van der Waals surface area contributed by atoms with E-state index in [1.807, 2.05) is 0 Å². The van der Waals surface area contributed by atoms with E-state index in [-0.39, 0.29) is 5.76 Å². The second-order valence-corrected chi connectivity index (χ2v) is 5.43. The van der Waals surface area contributed by atoms with E-state index in [2.05, 4.69) is 10.5 Å². The molecule has 134 valence electrons. The van der Waals surface area contributed by atoms with Crippen molar-refractivity contribution in [3.63, 3.8) is 0 Å². The fourth-order valence-corrected chi connectivity index (χ4v) is 2.27. The van der Waals surface area contributed by atoms with Crippen LogP contribution in [0.3, 0.4) is 0 Å². The van der Waals surface area contributed by atoms with Crippen molar-refractivity contribution in [2.45, 2.75) is 6.92 Å². The van der Waals surface area contributed by atoms with Gasteiger partial charge in [-0.1, -0.05) is 5.16 Å². The summed E-state index contributed by atoms with van der Waals surface area (Å²) in [5, 5.41) is 6.44. The number of benzene rings is 2. The van der Waals surface area contributed by atoms with Crippen molar-refractivity contribution in [1.82, 2.24) is 5.16 Å². The Bertz CT molecular complexity index is 903. The van der Waals surface area contributed by atoms with Crippen molar-refractivity contribution in [2.24, 2.45) is 0 Å². The van der Waals surface area contributed by atoms with E-state index in [1.54, 1.807) is 69.7 Å². The first-order valence-corrected chi connectivity index (χ1v) is 7.83. The molecular weight excluding hydrogens is 336 g/mol. The van der Waals surface area contributed by atoms with Crippen LogP contribution in [0.4, 0.5) is 5.69 Å². The lowest BCUT2D eigenvalue weighted by Crippen LogP contribution is -2.11. The van der Waals surface area contributed by atoms with Crippen LogP contribution in [0.1, 0.15) is 16.2 Å². The molecule has 0 radical (unpaired) electrons. The van der Waals surface area contributed by atoms with E-state index in [0.29, 0.717) is 28.6 Å². The molecule has 1 aromatic heterocycles. The standard InChI is InChI=1S/C19H18N2O5/c1-12-10-18(26-21-12)19(22)20-13-4-9-16(24-3)17(11-13)25-15-7-5-14(23-2)6-8-15/h4-11H,1-3H3,(H,20,22). The number of aryl methyl sites for hydroxylation is 1. The second-order valence-electron chi connectivity index (χ2n) is 5.43. The highest BCUT2D eigenvalue weighted by Gasteiger charge is 2.14. The Hall–Kier alpha value is -3.48. The molecule has 0 aliphatic carbocycles. The van der Waals surface area contributed by atoms with Crippen molar-refractivity contribution in [2.75, 3.05) is 19.5 Å². The minimum absolute atomic E-state index is 0.135. The lowest BCUT2D eigenvalue weighted by molar-refractivity contribution is 0.0988. The second kappa shape index (κ2) is 7.60. The zero-order valence-corrected chi connectivity index (χ0v) is 14.6. The summed E-state index contributed by atoms with van der Waals surface area (Å²) in [6.45, 7) is 1.74. The molecule has 3 aromatic rings. The molecule has 0 atom stereocenters. The summed E-state index contributed by atoms with van der Waals surface area (Å²) >= 11 is 0. The maximum absolute atomic E-state index is 12.2. The Morgan fingerprint density at radius 2 is 1.69 bits per heavy atom. The monoisotopic (exact) mass is 354 g/mol. The smallest absolute Gasteiger partial charge is 0.294 e. The number of amides is 1. The highest BCUT2D eigenvalue weighted by molar-refractivity contribution is 6.02. The number of carbonyl (C=O) groups excluding carboxylic acids is 1. The summed E-state index contributed by atoms with van der Waals surface area (Å²) in [4.78, 5) is 12.2. The molecular formula is C19H18N2O5. The van der Waals surface area contributed by atoms with Crippen molar-refractivity contribution < 1.29 is 23.5 Å². The summed E-state index contributed by atoms with van der Waals surface area (Å²) in [6, 6.07) is 13.8. The number of rotatable bonds is 6. The molecule has 1 heterocycles. The highest BCUT2D eigenvalue weighted by Crippen LogP contribution is 2.34. The molecule has 3 rings (SSSR count). The van der Waals surface area contributed by atoms with Crippen LogP contribution in [0.2, 0.25) is 0 Å². The third-order valence-corrected chi connectivity index (χ3v) is 3.56.